The summed E-state index contributed by atoms with van der Waals surface area (Å²) in [6.07, 6.45) is 4.13. The molecule has 94 valence electrons. The van der Waals surface area contributed by atoms with Gasteiger partial charge in [0.05, 0.1) is 13.2 Å². The SMILES string of the molecule is C=CCN(CCCC(C)C)CC(=O)OCC. The standard InChI is InChI=1S/C13H25NO2/c1-5-9-14(10-7-8-12(3)4)11-13(15)16-6-2/h5,12H,1,6-11H2,2-4H3. The maximum Gasteiger partial charge on any atom is 0.320 e. The number of nitrogens with zero attached hydrogens (tertiary/aromatic N) is 1. The van der Waals surface area contributed by atoms with Gasteiger partial charge in [-0.25, -0.2) is 0 Å². The lowest BCUT2D eigenvalue weighted by atomic mass is 10.1. The molecule has 0 rings (SSSR count). The number of ether oxygens (including phenoxy) is 1. The minimum absolute atomic E-state index is 0.145. The van der Waals surface area contributed by atoms with Gasteiger partial charge in [0.1, 0.15) is 0 Å². The van der Waals surface area contributed by atoms with Crippen LogP contribution in [0, 0.1) is 5.92 Å². The van der Waals surface area contributed by atoms with Crippen molar-refractivity contribution in [3.05, 3.63) is 12.7 Å². The Morgan fingerprint density at radius 2 is 2.19 bits per heavy atom. The summed E-state index contributed by atoms with van der Waals surface area (Å²) in [4.78, 5) is 13.4. The van der Waals surface area contributed by atoms with Crippen LogP contribution in [0.25, 0.3) is 0 Å². The van der Waals surface area contributed by atoms with Crippen LogP contribution in [-0.4, -0.2) is 37.1 Å². The van der Waals surface area contributed by atoms with Gasteiger partial charge in [0.25, 0.3) is 0 Å². The zero-order valence-corrected chi connectivity index (χ0v) is 10.9. The predicted octanol–water partition coefficient (Wildman–Crippen LogP) is 2.47. The molecule has 0 aliphatic carbocycles. The van der Waals surface area contributed by atoms with Crippen LogP contribution in [0.1, 0.15) is 33.6 Å². The first-order chi connectivity index (χ1) is 7.60. The fourth-order valence-corrected chi connectivity index (χ4v) is 1.53. The van der Waals surface area contributed by atoms with Gasteiger partial charge in [0.15, 0.2) is 0 Å². The third kappa shape index (κ3) is 8.48. The van der Waals surface area contributed by atoms with Crippen LogP contribution in [0.4, 0.5) is 0 Å². The van der Waals surface area contributed by atoms with E-state index in [1.807, 2.05) is 13.0 Å². The van der Waals surface area contributed by atoms with Gasteiger partial charge in [0.2, 0.25) is 0 Å². The van der Waals surface area contributed by atoms with Gasteiger partial charge in [-0.3, -0.25) is 9.69 Å². The fraction of sp³-hybridized carbons (Fsp3) is 0.769. The Morgan fingerprint density at radius 1 is 1.50 bits per heavy atom. The topological polar surface area (TPSA) is 29.5 Å². The van der Waals surface area contributed by atoms with Crippen molar-refractivity contribution in [2.45, 2.75) is 33.6 Å². The Balaban J connectivity index is 3.86. The van der Waals surface area contributed by atoms with Gasteiger partial charge < -0.3 is 4.74 Å². The van der Waals surface area contributed by atoms with E-state index in [0.717, 1.165) is 19.5 Å². The summed E-state index contributed by atoms with van der Waals surface area (Å²) >= 11 is 0. The van der Waals surface area contributed by atoms with Crippen LogP contribution < -0.4 is 0 Å². The molecule has 0 radical (unpaired) electrons. The van der Waals surface area contributed by atoms with Crippen molar-refractivity contribution in [2.75, 3.05) is 26.2 Å². The lowest BCUT2D eigenvalue weighted by Crippen LogP contribution is -2.32. The van der Waals surface area contributed by atoms with Gasteiger partial charge >= 0.3 is 5.97 Å². The highest BCUT2D eigenvalue weighted by molar-refractivity contribution is 5.71. The van der Waals surface area contributed by atoms with Crippen LogP contribution in [0.15, 0.2) is 12.7 Å². The van der Waals surface area contributed by atoms with Crippen molar-refractivity contribution in [1.29, 1.82) is 0 Å². The highest BCUT2D eigenvalue weighted by atomic mass is 16.5. The molecule has 0 fully saturated rings. The monoisotopic (exact) mass is 227 g/mol. The van der Waals surface area contributed by atoms with Crippen LogP contribution in [0.2, 0.25) is 0 Å². The van der Waals surface area contributed by atoms with Gasteiger partial charge in [-0.15, -0.1) is 6.58 Å². The summed E-state index contributed by atoms with van der Waals surface area (Å²) < 4.78 is 4.93. The third-order valence-corrected chi connectivity index (χ3v) is 2.30. The van der Waals surface area contributed by atoms with Crippen LogP contribution in [0.5, 0.6) is 0 Å². The average molecular weight is 227 g/mol. The maximum absolute atomic E-state index is 11.3. The van der Waals surface area contributed by atoms with E-state index in [1.54, 1.807) is 0 Å². The first-order valence-electron chi connectivity index (χ1n) is 6.09. The summed E-state index contributed by atoms with van der Waals surface area (Å²) in [5, 5.41) is 0. The molecule has 3 heteroatoms. The van der Waals surface area contributed by atoms with E-state index >= 15 is 0 Å². The molecule has 0 heterocycles. The first-order valence-corrected chi connectivity index (χ1v) is 6.09. The first kappa shape index (κ1) is 15.2. The van der Waals surface area contributed by atoms with Gasteiger partial charge in [-0.2, -0.15) is 0 Å². The number of esters is 1. The smallest absolute Gasteiger partial charge is 0.320 e. The van der Waals surface area contributed by atoms with E-state index < -0.39 is 0 Å². The molecule has 3 nitrogen and oxygen atoms in total. The minimum Gasteiger partial charge on any atom is -0.465 e. The summed E-state index contributed by atoms with van der Waals surface area (Å²) in [7, 11) is 0. The van der Waals surface area contributed by atoms with E-state index in [9.17, 15) is 4.79 Å². The Morgan fingerprint density at radius 3 is 2.69 bits per heavy atom. The molecule has 0 spiro atoms. The van der Waals surface area contributed by atoms with Crippen molar-refractivity contribution >= 4 is 5.97 Å². The van der Waals surface area contributed by atoms with E-state index in [-0.39, 0.29) is 5.97 Å². The van der Waals surface area contributed by atoms with Gasteiger partial charge in [-0.1, -0.05) is 19.9 Å². The summed E-state index contributed by atoms with van der Waals surface area (Å²) in [6, 6.07) is 0. The molecule has 0 N–H and O–H groups in total. The molecule has 0 atom stereocenters. The average Bonchev–Trinajstić information content (AvgIpc) is 2.17. The van der Waals surface area contributed by atoms with Crippen molar-refractivity contribution in [3.8, 4) is 0 Å². The normalized spacial score (nSPS) is 10.8. The van der Waals surface area contributed by atoms with E-state index in [4.69, 9.17) is 4.74 Å². The highest BCUT2D eigenvalue weighted by Crippen LogP contribution is 2.05. The highest BCUT2D eigenvalue weighted by Gasteiger charge is 2.09. The summed E-state index contributed by atoms with van der Waals surface area (Å²) in [6.45, 7) is 12.5. The van der Waals surface area contributed by atoms with Crippen molar-refractivity contribution < 1.29 is 9.53 Å². The zero-order valence-electron chi connectivity index (χ0n) is 10.9. The maximum atomic E-state index is 11.3. The third-order valence-electron chi connectivity index (χ3n) is 2.30. The number of hydrogen-bond donors (Lipinski definition) is 0. The number of carbonyl (C=O) groups is 1. The van der Waals surface area contributed by atoms with E-state index in [1.165, 1.54) is 6.42 Å². The Bertz CT molecular complexity index is 202. The lowest BCUT2D eigenvalue weighted by molar-refractivity contribution is -0.144. The molecular formula is C13H25NO2. The molecule has 0 unspecified atom stereocenters. The molecule has 16 heavy (non-hydrogen) atoms. The zero-order chi connectivity index (χ0) is 12.4. The van der Waals surface area contributed by atoms with Gasteiger partial charge in [0, 0.05) is 6.54 Å². The lowest BCUT2D eigenvalue weighted by Gasteiger charge is -2.19. The molecule has 0 aliphatic rings. The molecule has 0 aromatic carbocycles. The summed E-state index contributed by atoms with van der Waals surface area (Å²) in [5.41, 5.74) is 0. The molecule has 0 amide bonds. The number of hydrogen-bond acceptors (Lipinski definition) is 3. The summed E-state index contributed by atoms with van der Waals surface area (Å²) in [5.74, 6) is 0.571. The van der Waals surface area contributed by atoms with Crippen molar-refractivity contribution in [3.63, 3.8) is 0 Å². The number of carbonyl (C=O) groups excluding carboxylic acids is 1. The molecule has 0 bridgehead atoms. The predicted molar refractivity (Wildman–Crippen MR) is 67.3 cm³/mol. The second kappa shape index (κ2) is 9.40. The quantitative estimate of drug-likeness (QED) is 0.447. The molecule has 0 aliphatic heterocycles. The largest absolute Gasteiger partial charge is 0.465 e. The van der Waals surface area contributed by atoms with E-state index in [0.29, 0.717) is 19.1 Å². The minimum atomic E-state index is -0.145. The van der Waals surface area contributed by atoms with Crippen molar-refractivity contribution in [1.82, 2.24) is 4.90 Å². The van der Waals surface area contributed by atoms with E-state index in [2.05, 4.69) is 25.3 Å². The molecule has 0 saturated heterocycles. The number of rotatable bonds is 9. The molecule has 0 aromatic rings. The Hall–Kier alpha value is -0.830. The fourth-order valence-electron chi connectivity index (χ4n) is 1.53. The second-order valence-electron chi connectivity index (χ2n) is 4.36. The second-order valence-corrected chi connectivity index (χ2v) is 4.36. The van der Waals surface area contributed by atoms with Crippen LogP contribution >= 0.6 is 0 Å². The molecule has 0 aromatic heterocycles. The van der Waals surface area contributed by atoms with Gasteiger partial charge in [-0.05, 0) is 32.2 Å². The van der Waals surface area contributed by atoms with Crippen molar-refractivity contribution in [2.24, 2.45) is 5.92 Å². The Kier molecular flexibility index (Phi) is 8.91. The van der Waals surface area contributed by atoms with Crippen LogP contribution in [-0.2, 0) is 9.53 Å². The Labute approximate surface area is 99.5 Å². The molecular weight excluding hydrogens is 202 g/mol. The molecule has 0 saturated carbocycles. The van der Waals surface area contributed by atoms with Crippen LogP contribution in [0.3, 0.4) is 0 Å².